The Hall–Kier alpha value is -1.80. The van der Waals surface area contributed by atoms with E-state index in [1.165, 1.54) is 29.7 Å². The predicted molar refractivity (Wildman–Crippen MR) is 86.7 cm³/mol. The number of rotatable bonds is 7. The number of hydrogen-bond donors (Lipinski definition) is 1. The largest absolute Gasteiger partial charge is 0.367 e. The molecular weight excluding hydrogens is 244 g/mol. The fraction of sp³-hybridized carbons (Fsp3) is 0.333. The molecule has 0 aliphatic carbocycles. The molecule has 0 bridgehead atoms. The lowest BCUT2D eigenvalue weighted by Crippen LogP contribution is -2.23. The maximum absolute atomic E-state index is 5.73. The van der Waals surface area contributed by atoms with Crippen LogP contribution in [0.1, 0.15) is 30.9 Å². The van der Waals surface area contributed by atoms with Gasteiger partial charge in [0.2, 0.25) is 0 Å². The van der Waals surface area contributed by atoms with Gasteiger partial charge in [0, 0.05) is 25.3 Å². The van der Waals surface area contributed by atoms with Crippen molar-refractivity contribution < 1.29 is 0 Å². The molecule has 2 N–H and O–H groups in total. The van der Waals surface area contributed by atoms with Crippen LogP contribution in [0, 0.1) is 0 Å². The molecule has 0 amide bonds. The van der Waals surface area contributed by atoms with Gasteiger partial charge in [-0.05, 0) is 29.7 Å². The van der Waals surface area contributed by atoms with Crippen molar-refractivity contribution in [3.05, 3.63) is 65.7 Å². The summed E-state index contributed by atoms with van der Waals surface area (Å²) in [5.41, 5.74) is 9.54. The summed E-state index contributed by atoms with van der Waals surface area (Å²) in [6.45, 7) is 4.87. The van der Waals surface area contributed by atoms with Gasteiger partial charge in [0.05, 0.1) is 0 Å². The average Bonchev–Trinajstić information content (AvgIpc) is 2.52. The van der Waals surface area contributed by atoms with Crippen molar-refractivity contribution in [2.75, 3.05) is 11.4 Å². The van der Waals surface area contributed by atoms with E-state index in [9.17, 15) is 0 Å². The molecule has 2 aromatic carbocycles. The van der Waals surface area contributed by atoms with E-state index in [1.54, 1.807) is 0 Å². The van der Waals surface area contributed by atoms with Gasteiger partial charge in [0.25, 0.3) is 0 Å². The van der Waals surface area contributed by atoms with Crippen LogP contribution in [-0.4, -0.2) is 6.54 Å². The summed E-state index contributed by atoms with van der Waals surface area (Å²) in [4.78, 5) is 2.44. The number of nitrogens with two attached hydrogens (primary N) is 1. The van der Waals surface area contributed by atoms with Crippen LogP contribution >= 0.6 is 0 Å². The summed E-state index contributed by atoms with van der Waals surface area (Å²) in [6, 6.07) is 19.2. The third-order valence-electron chi connectivity index (χ3n) is 3.50. The molecule has 0 saturated carbocycles. The van der Waals surface area contributed by atoms with Crippen molar-refractivity contribution >= 4 is 5.69 Å². The van der Waals surface area contributed by atoms with Gasteiger partial charge in [-0.1, -0.05) is 55.8 Å². The summed E-state index contributed by atoms with van der Waals surface area (Å²) in [5.74, 6) is 0. The molecule has 0 spiro atoms. The molecule has 2 aromatic rings. The minimum absolute atomic E-state index is 0.605. The van der Waals surface area contributed by atoms with E-state index in [0.717, 1.165) is 13.1 Å². The molecule has 0 heterocycles. The number of para-hydroxylation sites is 1. The minimum atomic E-state index is 0.605. The van der Waals surface area contributed by atoms with Crippen molar-refractivity contribution in [1.29, 1.82) is 0 Å². The molecule has 0 unspecified atom stereocenters. The molecule has 0 aliphatic heterocycles. The summed E-state index contributed by atoms with van der Waals surface area (Å²) < 4.78 is 0. The van der Waals surface area contributed by atoms with Gasteiger partial charge in [0.15, 0.2) is 0 Å². The molecule has 0 atom stereocenters. The third kappa shape index (κ3) is 4.10. The van der Waals surface area contributed by atoms with Gasteiger partial charge >= 0.3 is 0 Å². The Morgan fingerprint density at radius 1 is 0.950 bits per heavy atom. The Kier molecular flexibility index (Phi) is 5.63. The molecule has 0 saturated heterocycles. The summed E-state index contributed by atoms with van der Waals surface area (Å²) in [7, 11) is 0. The maximum atomic E-state index is 5.73. The van der Waals surface area contributed by atoms with E-state index in [4.69, 9.17) is 5.73 Å². The van der Waals surface area contributed by atoms with E-state index < -0.39 is 0 Å². The highest BCUT2D eigenvalue weighted by Gasteiger charge is 2.06. The topological polar surface area (TPSA) is 29.3 Å². The van der Waals surface area contributed by atoms with Gasteiger partial charge in [-0.2, -0.15) is 0 Å². The Morgan fingerprint density at radius 3 is 2.40 bits per heavy atom. The molecule has 0 aromatic heterocycles. The van der Waals surface area contributed by atoms with E-state index in [0.29, 0.717) is 6.54 Å². The Balaban J connectivity index is 2.14. The number of hydrogen-bond acceptors (Lipinski definition) is 2. The van der Waals surface area contributed by atoms with E-state index in [-0.39, 0.29) is 0 Å². The second-order valence-electron chi connectivity index (χ2n) is 5.13. The first-order valence-electron chi connectivity index (χ1n) is 7.41. The predicted octanol–water partition coefficient (Wildman–Crippen LogP) is 3.95. The molecule has 0 aliphatic rings. The smallest absolute Gasteiger partial charge is 0.0429 e. The van der Waals surface area contributed by atoms with E-state index in [2.05, 4.69) is 66.4 Å². The molecular formula is C18H24N2. The third-order valence-corrected chi connectivity index (χ3v) is 3.50. The van der Waals surface area contributed by atoms with Gasteiger partial charge in [0.1, 0.15) is 0 Å². The lowest BCUT2D eigenvalue weighted by molar-refractivity contribution is 0.715. The van der Waals surface area contributed by atoms with Crippen molar-refractivity contribution in [3.8, 4) is 0 Å². The quantitative estimate of drug-likeness (QED) is 0.823. The highest BCUT2D eigenvalue weighted by Crippen LogP contribution is 2.18. The normalized spacial score (nSPS) is 10.5. The van der Waals surface area contributed by atoms with E-state index >= 15 is 0 Å². The number of benzene rings is 2. The molecule has 2 rings (SSSR count). The van der Waals surface area contributed by atoms with Crippen molar-refractivity contribution in [3.63, 3.8) is 0 Å². The highest BCUT2D eigenvalue weighted by molar-refractivity contribution is 5.46. The second-order valence-corrected chi connectivity index (χ2v) is 5.13. The average molecular weight is 268 g/mol. The zero-order valence-electron chi connectivity index (χ0n) is 12.3. The fourth-order valence-electron chi connectivity index (χ4n) is 2.36. The van der Waals surface area contributed by atoms with Crippen molar-refractivity contribution in [2.45, 2.75) is 32.9 Å². The van der Waals surface area contributed by atoms with Crippen LogP contribution in [0.25, 0.3) is 0 Å². The zero-order valence-corrected chi connectivity index (χ0v) is 12.3. The van der Waals surface area contributed by atoms with Gasteiger partial charge < -0.3 is 10.6 Å². The monoisotopic (exact) mass is 268 g/mol. The molecule has 2 heteroatoms. The van der Waals surface area contributed by atoms with Crippen LogP contribution < -0.4 is 10.6 Å². The molecule has 0 radical (unpaired) electrons. The Morgan fingerprint density at radius 2 is 1.70 bits per heavy atom. The van der Waals surface area contributed by atoms with Crippen LogP contribution in [-0.2, 0) is 13.1 Å². The summed E-state index contributed by atoms with van der Waals surface area (Å²) >= 11 is 0. The first kappa shape index (κ1) is 14.6. The number of unbranched alkanes of at least 4 members (excludes halogenated alkanes) is 1. The van der Waals surface area contributed by atoms with Crippen LogP contribution in [0.4, 0.5) is 5.69 Å². The van der Waals surface area contributed by atoms with Crippen molar-refractivity contribution in [1.82, 2.24) is 0 Å². The Labute approximate surface area is 122 Å². The van der Waals surface area contributed by atoms with Gasteiger partial charge in [-0.25, -0.2) is 0 Å². The number of nitrogens with zero attached hydrogens (tertiary/aromatic N) is 1. The maximum Gasteiger partial charge on any atom is 0.0429 e. The lowest BCUT2D eigenvalue weighted by atomic mass is 10.1. The van der Waals surface area contributed by atoms with Crippen molar-refractivity contribution in [2.24, 2.45) is 5.73 Å². The van der Waals surface area contributed by atoms with Crippen LogP contribution in [0.2, 0.25) is 0 Å². The summed E-state index contributed by atoms with van der Waals surface area (Å²) in [5, 5.41) is 0. The SMILES string of the molecule is CCCCN(Cc1cccc(CN)c1)c1ccccc1. The minimum Gasteiger partial charge on any atom is -0.367 e. The molecule has 106 valence electrons. The van der Waals surface area contributed by atoms with Gasteiger partial charge in [-0.15, -0.1) is 0 Å². The second kappa shape index (κ2) is 7.71. The van der Waals surface area contributed by atoms with Crippen LogP contribution in [0.15, 0.2) is 54.6 Å². The van der Waals surface area contributed by atoms with Crippen LogP contribution in [0.3, 0.4) is 0 Å². The molecule has 0 fully saturated rings. The zero-order chi connectivity index (χ0) is 14.2. The first-order valence-corrected chi connectivity index (χ1v) is 7.41. The molecule has 20 heavy (non-hydrogen) atoms. The lowest BCUT2D eigenvalue weighted by Gasteiger charge is -2.25. The standard InChI is InChI=1S/C18H24N2/c1-2-3-12-20(18-10-5-4-6-11-18)15-17-9-7-8-16(13-17)14-19/h4-11,13H,2-3,12,14-15,19H2,1H3. The fourth-order valence-corrected chi connectivity index (χ4v) is 2.36. The van der Waals surface area contributed by atoms with Gasteiger partial charge in [-0.3, -0.25) is 0 Å². The number of anilines is 1. The van der Waals surface area contributed by atoms with E-state index in [1.807, 2.05) is 0 Å². The van der Waals surface area contributed by atoms with Crippen LogP contribution in [0.5, 0.6) is 0 Å². The molecule has 2 nitrogen and oxygen atoms in total. The highest BCUT2D eigenvalue weighted by atomic mass is 15.1. The summed E-state index contributed by atoms with van der Waals surface area (Å²) in [6.07, 6.45) is 2.43. The first-order chi connectivity index (χ1) is 9.83. The Bertz CT molecular complexity index is 508.